The summed E-state index contributed by atoms with van der Waals surface area (Å²) in [7, 11) is 1.65. The van der Waals surface area contributed by atoms with Gasteiger partial charge in [-0.1, -0.05) is 0 Å². The van der Waals surface area contributed by atoms with Crippen molar-refractivity contribution in [3.63, 3.8) is 0 Å². The van der Waals surface area contributed by atoms with Crippen LogP contribution in [-0.2, 0) is 14.3 Å². The number of methoxy groups -OCH3 is 1. The van der Waals surface area contributed by atoms with Gasteiger partial charge in [-0.2, -0.15) is 0 Å². The van der Waals surface area contributed by atoms with Crippen LogP contribution in [0.5, 0.6) is 0 Å². The van der Waals surface area contributed by atoms with Crippen molar-refractivity contribution in [2.45, 2.75) is 51.6 Å². The first-order chi connectivity index (χ1) is 14.1. The van der Waals surface area contributed by atoms with Gasteiger partial charge in [0.15, 0.2) is 0 Å². The number of hydrogen-bond acceptors (Lipinski definition) is 7. The predicted octanol–water partition coefficient (Wildman–Crippen LogP) is 1.53. The van der Waals surface area contributed by atoms with Gasteiger partial charge in [-0.3, -0.25) is 9.69 Å². The largest absolute Gasteiger partial charge is 0.383 e. The topological polar surface area (TPSA) is 88.6 Å². The van der Waals surface area contributed by atoms with Gasteiger partial charge in [0, 0.05) is 63.8 Å². The van der Waals surface area contributed by atoms with Crippen LogP contribution in [0.15, 0.2) is 6.20 Å². The zero-order chi connectivity index (χ0) is 20.6. The van der Waals surface area contributed by atoms with Crippen LogP contribution in [0.2, 0.25) is 0 Å². The van der Waals surface area contributed by atoms with E-state index in [1.165, 1.54) is 0 Å². The first kappa shape index (κ1) is 21.9. The van der Waals surface area contributed by atoms with E-state index in [1.807, 2.05) is 20.0 Å². The van der Waals surface area contributed by atoms with E-state index in [0.717, 1.165) is 69.2 Å². The highest BCUT2D eigenvalue weighted by atomic mass is 16.5. The highest BCUT2D eigenvalue weighted by molar-refractivity contribution is 5.78. The van der Waals surface area contributed by atoms with Crippen LogP contribution >= 0.6 is 0 Å². The number of ether oxygens (including phenoxy) is 2. The molecule has 8 heteroatoms. The lowest BCUT2D eigenvalue weighted by atomic mass is 10.00. The Labute approximate surface area is 173 Å². The molecule has 29 heavy (non-hydrogen) atoms. The monoisotopic (exact) mass is 405 g/mol. The predicted molar refractivity (Wildman–Crippen MR) is 112 cm³/mol. The van der Waals surface area contributed by atoms with Crippen LogP contribution in [0, 0.1) is 19.8 Å². The SMILES string of the molecule is COCCNC(=O)[C@@H]1CC[C@H](Nc2nc(C)ncc2C)CN(C2CCOCC2)C1. The van der Waals surface area contributed by atoms with Crippen LogP contribution in [0.1, 0.15) is 37.1 Å². The molecule has 0 aliphatic carbocycles. The molecule has 1 aromatic rings. The number of aromatic nitrogens is 2. The molecule has 0 saturated carbocycles. The Hall–Kier alpha value is -1.77. The zero-order valence-electron chi connectivity index (χ0n) is 17.9. The molecular formula is C21H35N5O3. The smallest absolute Gasteiger partial charge is 0.224 e. The number of anilines is 1. The van der Waals surface area contributed by atoms with Crippen molar-refractivity contribution in [2.75, 3.05) is 51.9 Å². The molecule has 1 amide bonds. The van der Waals surface area contributed by atoms with Gasteiger partial charge in [-0.15, -0.1) is 0 Å². The van der Waals surface area contributed by atoms with Crippen LogP contribution in [0.4, 0.5) is 5.82 Å². The van der Waals surface area contributed by atoms with Gasteiger partial charge in [0.1, 0.15) is 11.6 Å². The molecule has 0 radical (unpaired) electrons. The number of aryl methyl sites for hydroxylation is 2. The Balaban J connectivity index is 1.70. The standard InChI is InChI=1S/C21H35N5O3/c1-15-12-23-16(2)24-20(15)25-18-5-4-17(21(27)22-8-11-28-3)13-26(14-18)19-6-9-29-10-7-19/h12,17-19H,4-11,13-14H2,1-3H3,(H,22,27)(H,23,24,25)/t17-,18+/m1/s1. The number of rotatable bonds is 7. The van der Waals surface area contributed by atoms with Gasteiger partial charge in [0.25, 0.3) is 0 Å². The fourth-order valence-corrected chi connectivity index (χ4v) is 4.20. The van der Waals surface area contributed by atoms with Gasteiger partial charge in [-0.25, -0.2) is 9.97 Å². The van der Waals surface area contributed by atoms with Crippen molar-refractivity contribution < 1.29 is 14.3 Å². The Morgan fingerprint density at radius 3 is 2.79 bits per heavy atom. The molecule has 162 valence electrons. The fraction of sp³-hybridized carbons (Fsp3) is 0.762. The molecule has 2 aliphatic heterocycles. The van der Waals surface area contributed by atoms with Crippen LogP contribution in [-0.4, -0.2) is 79.4 Å². The quantitative estimate of drug-likeness (QED) is 0.665. The van der Waals surface area contributed by atoms with Crippen LogP contribution < -0.4 is 10.6 Å². The molecule has 8 nitrogen and oxygen atoms in total. The Morgan fingerprint density at radius 2 is 2.03 bits per heavy atom. The highest BCUT2D eigenvalue weighted by Crippen LogP contribution is 2.25. The van der Waals surface area contributed by atoms with E-state index in [-0.39, 0.29) is 17.9 Å². The number of likely N-dealkylation sites (tertiary alicyclic amines) is 1. The lowest BCUT2D eigenvalue weighted by Crippen LogP contribution is -2.47. The molecule has 2 saturated heterocycles. The molecule has 2 atom stereocenters. The molecule has 2 fully saturated rings. The molecule has 0 unspecified atom stereocenters. The third-order valence-electron chi connectivity index (χ3n) is 5.89. The van der Waals surface area contributed by atoms with Crippen LogP contribution in [0.3, 0.4) is 0 Å². The number of nitrogens with one attached hydrogen (secondary N) is 2. The minimum atomic E-state index is -0.00488. The van der Waals surface area contributed by atoms with Gasteiger partial charge in [0.05, 0.1) is 12.5 Å². The molecule has 3 heterocycles. The number of hydrogen-bond donors (Lipinski definition) is 2. The van der Waals surface area contributed by atoms with E-state index in [1.54, 1.807) is 7.11 Å². The Morgan fingerprint density at radius 1 is 1.24 bits per heavy atom. The summed E-state index contributed by atoms with van der Waals surface area (Å²) in [6.45, 7) is 8.34. The summed E-state index contributed by atoms with van der Waals surface area (Å²) < 4.78 is 10.6. The summed E-state index contributed by atoms with van der Waals surface area (Å²) in [5, 5.41) is 6.66. The number of carbonyl (C=O) groups is 1. The molecule has 3 rings (SSSR count). The zero-order valence-corrected chi connectivity index (χ0v) is 17.9. The van der Waals surface area contributed by atoms with Gasteiger partial charge in [0.2, 0.25) is 5.91 Å². The molecule has 1 aromatic heterocycles. The van der Waals surface area contributed by atoms with Gasteiger partial charge < -0.3 is 20.1 Å². The van der Waals surface area contributed by atoms with Crippen molar-refractivity contribution in [2.24, 2.45) is 5.92 Å². The summed E-state index contributed by atoms with van der Waals surface area (Å²) in [6.07, 6.45) is 5.71. The second kappa shape index (κ2) is 10.8. The molecule has 2 N–H and O–H groups in total. The fourth-order valence-electron chi connectivity index (χ4n) is 4.20. The molecular weight excluding hydrogens is 370 g/mol. The normalized spacial score (nSPS) is 24.1. The maximum atomic E-state index is 12.8. The first-order valence-corrected chi connectivity index (χ1v) is 10.7. The Bertz CT molecular complexity index is 666. The Kier molecular flexibility index (Phi) is 8.20. The summed E-state index contributed by atoms with van der Waals surface area (Å²) in [5.74, 6) is 1.80. The first-order valence-electron chi connectivity index (χ1n) is 10.7. The third-order valence-corrected chi connectivity index (χ3v) is 5.89. The average Bonchev–Trinajstić information content (AvgIpc) is 2.94. The van der Waals surface area contributed by atoms with Crippen molar-refractivity contribution in [3.8, 4) is 0 Å². The number of carbonyl (C=O) groups excluding carboxylic acids is 1. The van der Waals surface area contributed by atoms with E-state index < -0.39 is 0 Å². The molecule has 0 bridgehead atoms. The number of nitrogens with zero attached hydrogens (tertiary/aromatic N) is 3. The second-order valence-corrected chi connectivity index (χ2v) is 8.15. The average molecular weight is 406 g/mol. The second-order valence-electron chi connectivity index (χ2n) is 8.15. The van der Waals surface area contributed by atoms with E-state index in [4.69, 9.17) is 9.47 Å². The summed E-state index contributed by atoms with van der Waals surface area (Å²) in [4.78, 5) is 24.1. The van der Waals surface area contributed by atoms with Gasteiger partial charge in [-0.05, 0) is 39.5 Å². The van der Waals surface area contributed by atoms with E-state index >= 15 is 0 Å². The minimum Gasteiger partial charge on any atom is -0.383 e. The molecule has 0 aromatic carbocycles. The lowest BCUT2D eigenvalue weighted by Gasteiger charge is -2.36. The maximum Gasteiger partial charge on any atom is 0.224 e. The summed E-state index contributed by atoms with van der Waals surface area (Å²) in [6, 6.07) is 0.719. The van der Waals surface area contributed by atoms with E-state index in [2.05, 4.69) is 25.5 Å². The summed E-state index contributed by atoms with van der Waals surface area (Å²) in [5.41, 5.74) is 1.05. The third kappa shape index (κ3) is 6.35. The maximum absolute atomic E-state index is 12.8. The van der Waals surface area contributed by atoms with Crippen molar-refractivity contribution in [3.05, 3.63) is 17.6 Å². The van der Waals surface area contributed by atoms with Crippen molar-refractivity contribution >= 4 is 11.7 Å². The molecule has 0 spiro atoms. The van der Waals surface area contributed by atoms with E-state index in [0.29, 0.717) is 19.2 Å². The van der Waals surface area contributed by atoms with Crippen LogP contribution in [0.25, 0.3) is 0 Å². The summed E-state index contributed by atoms with van der Waals surface area (Å²) >= 11 is 0. The van der Waals surface area contributed by atoms with E-state index in [9.17, 15) is 4.79 Å². The van der Waals surface area contributed by atoms with Crippen molar-refractivity contribution in [1.29, 1.82) is 0 Å². The molecule has 2 aliphatic rings. The van der Waals surface area contributed by atoms with Crippen molar-refractivity contribution in [1.82, 2.24) is 20.2 Å². The van der Waals surface area contributed by atoms with Gasteiger partial charge >= 0.3 is 0 Å². The highest BCUT2D eigenvalue weighted by Gasteiger charge is 2.32. The lowest BCUT2D eigenvalue weighted by molar-refractivity contribution is -0.126. The number of amides is 1. The minimum absolute atomic E-state index is 0.00488.